The molecule has 1 saturated carbocycles. The van der Waals surface area contributed by atoms with Crippen molar-refractivity contribution in [2.75, 3.05) is 57.8 Å². The molecule has 0 unspecified atom stereocenters. The number of guanidine groups is 1. The van der Waals surface area contributed by atoms with Gasteiger partial charge in [-0.25, -0.2) is 9.97 Å². The van der Waals surface area contributed by atoms with E-state index in [2.05, 4.69) is 42.3 Å². The Morgan fingerprint density at radius 3 is 2.41 bits per heavy atom. The Bertz CT molecular complexity index is 563. The monoisotopic (exact) mass is 487 g/mol. The number of piperazine rings is 1. The molecule has 2 N–H and O–H groups in total. The van der Waals surface area contributed by atoms with Crippen molar-refractivity contribution < 1.29 is 0 Å². The number of halogens is 1. The zero-order valence-corrected chi connectivity index (χ0v) is 19.0. The Labute approximate surface area is 180 Å². The molecule has 3 rings (SSSR count). The van der Waals surface area contributed by atoms with Crippen molar-refractivity contribution >= 4 is 35.9 Å². The van der Waals surface area contributed by atoms with Gasteiger partial charge in [-0.3, -0.25) is 9.89 Å². The topological polar surface area (TPSA) is 68.7 Å². The Balaban J connectivity index is 0.00000261. The van der Waals surface area contributed by atoms with Crippen molar-refractivity contribution in [2.24, 2.45) is 10.4 Å². The lowest BCUT2D eigenvalue weighted by Crippen LogP contribution is -2.50. The molecule has 0 aromatic carbocycles. The lowest BCUT2D eigenvalue weighted by molar-refractivity contribution is 0.131. The van der Waals surface area contributed by atoms with Crippen molar-refractivity contribution in [3.05, 3.63) is 18.5 Å². The van der Waals surface area contributed by atoms with Gasteiger partial charge in [0, 0.05) is 65.3 Å². The highest BCUT2D eigenvalue weighted by molar-refractivity contribution is 14.0. The van der Waals surface area contributed by atoms with Gasteiger partial charge in [-0.1, -0.05) is 13.3 Å². The number of nitrogens with one attached hydrogen (secondary N) is 2. The fourth-order valence-electron chi connectivity index (χ4n) is 3.78. The molecule has 0 radical (unpaired) electrons. The summed E-state index contributed by atoms with van der Waals surface area (Å²) in [5.41, 5.74) is 0.507. The second-order valence-corrected chi connectivity index (χ2v) is 7.44. The second-order valence-electron chi connectivity index (χ2n) is 7.44. The first-order valence-electron chi connectivity index (χ1n) is 9.93. The zero-order valence-electron chi connectivity index (χ0n) is 16.7. The average molecular weight is 487 g/mol. The standard InChI is InChI=1S/C19H33N7.HI/c1-3-19(6-4-7-19)16-24-17(20-2)21-10-11-25-12-14-26(15-13-25)18-22-8-5-9-23-18;/h5,8-9H,3-4,6-7,10-16H2,1-2H3,(H2,20,21,24);1H. The van der Waals surface area contributed by atoms with Crippen molar-refractivity contribution in [2.45, 2.75) is 32.6 Å². The van der Waals surface area contributed by atoms with Gasteiger partial charge >= 0.3 is 0 Å². The summed E-state index contributed by atoms with van der Waals surface area (Å²) in [6.07, 6.45) is 8.95. The molecule has 0 atom stereocenters. The van der Waals surface area contributed by atoms with E-state index in [9.17, 15) is 0 Å². The van der Waals surface area contributed by atoms with E-state index in [1.165, 1.54) is 25.7 Å². The van der Waals surface area contributed by atoms with Gasteiger partial charge in [-0.2, -0.15) is 0 Å². The minimum atomic E-state index is 0. The van der Waals surface area contributed by atoms with E-state index < -0.39 is 0 Å². The summed E-state index contributed by atoms with van der Waals surface area (Å²) in [4.78, 5) is 17.8. The minimum absolute atomic E-state index is 0. The number of hydrogen-bond donors (Lipinski definition) is 2. The molecule has 1 aromatic heterocycles. The fraction of sp³-hybridized carbons (Fsp3) is 0.737. The SMILES string of the molecule is CCC1(CNC(=NC)NCCN2CCN(c3ncccn3)CC2)CCC1.I. The van der Waals surface area contributed by atoms with Crippen LogP contribution in [0.5, 0.6) is 0 Å². The highest BCUT2D eigenvalue weighted by atomic mass is 127. The van der Waals surface area contributed by atoms with Crippen LogP contribution >= 0.6 is 24.0 Å². The predicted octanol–water partition coefficient (Wildman–Crippen LogP) is 1.96. The van der Waals surface area contributed by atoms with Crippen LogP contribution in [0.15, 0.2) is 23.5 Å². The molecular formula is C19H34IN7. The van der Waals surface area contributed by atoms with Gasteiger partial charge < -0.3 is 15.5 Å². The van der Waals surface area contributed by atoms with Gasteiger partial charge in [0.15, 0.2) is 5.96 Å². The number of aromatic nitrogens is 2. The molecule has 1 saturated heterocycles. The molecule has 152 valence electrons. The maximum atomic E-state index is 4.37. The highest BCUT2D eigenvalue weighted by Crippen LogP contribution is 2.42. The molecule has 27 heavy (non-hydrogen) atoms. The summed E-state index contributed by atoms with van der Waals surface area (Å²) in [5, 5.41) is 6.99. The van der Waals surface area contributed by atoms with Crippen molar-refractivity contribution in [3.63, 3.8) is 0 Å². The van der Waals surface area contributed by atoms with Gasteiger partial charge in [0.2, 0.25) is 5.95 Å². The average Bonchev–Trinajstić information content (AvgIpc) is 2.67. The molecule has 1 aromatic rings. The molecule has 0 bridgehead atoms. The zero-order chi connectivity index (χ0) is 18.2. The Morgan fingerprint density at radius 2 is 1.85 bits per heavy atom. The first-order valence-corrected chi connectivity index (χ1v) is 9.93. The Morgan fingerprint density at radius 1 is 1.15 bits per heavy atom. The van der Waals surface area contributed by atoms with Gasteiger partial charge in [0.1, 0.15) is 0 Å². The number of anilines is 1. The number of rotatable bonds is 7. The third kappa shape index (κ3) is 6.17. The molecule has 8 heteroatoms. The lowest BCUT2D eigenvalue weighted by atomic mass is 9.67. The van der Waals surface area contributed by atoms with Gasteiger partial charge in [0.05, 0.1) is 0 Å². The molecular weight excluding hydrogens is 453 g/mol. The van der Waals surface area contributed by atoms with E-state index in [0.29, 0.717) is 5.41 Å². The number of hydrogen-bond acceptors (Lipinski definition) is 5. The van der Waals surface area contributed by atoms with E-state index in [1.807, 2.05) is 25.5 Å². The third-order valence-corrected chi connectivity index (χ3v) is 5.95. The molecule has 7 nitrogen and oxygen atoms in total. The van der Waals surface area contributed by atoms with Gasteiger partial charge in [-0.15, -0.1) is 24.0 Å². The second kappa shape index (κ2) is 11.0. The van der Waals surface area contributed by atoms with Crippen molar-refractivity contribution in [1.82, 2.24) is 25.5 Å². The van der Waals surface area contributed by atoms with Crippen LogP contribution in [0.1, 0.15) is 32.6 Å². The van der Waals surface area contributed by atoms with Crippen LogP contribution in [-0.2, 0) is 0 Å². The lowest BCUT2D eigenvalue weighted by Gasteiger charge is -2.41. The molecule has 1 aliphatic carbocycles. The van der Waals surface area contributed by atoms with Crippen LogP contribution in [-0.4, -0.2) is 73.7 Å². The predicted molar refractivity (Wildman–Crippen MR) is 122 cm³/mol. The van der Waals surface area contributed by atoms with E-state index in [0.717, 1.165) is 57.7 Å². The number of aliphatic imine (C=N–C) groups is 1. The smallest absolute Gasteiger partial charge is 0.225 e. The maximum absolute atomic E-state index is 4.37. The molecule has 2 fully saturated rings. The highest BCUT2D eigenvalue weighted by Gasteiger charge is 2.34. The van der Waals surface area contributed by atoms with E-state index in [4.69, 9.17) is 0 Å². The summed E-state index contributed by atoms with van der Waals surface area (Å²) in [6, 6.07) is 1.86. The molecule has 0 spiro atoms. The molecule has 2 aliphatic rings. The quantitative estimate of drug-likeness (QED) is 0.348. The first kappa shape index (κ1) is 22.1. The molecule has 2 heterocycles. The summed E-state index contributed by atoms with van der Waals surface area (Å²) >= 11 is 0. The van der Waals surface area contributed by atoms with Crippen LogP contribution in [0, 0.1) is 5.41 Å². The van der Waals surface area contributed by atoms with Gasteiger partial charge in [-0.05, 0) is 30.7 Å². The minimum Gasteiger partial charge on any atom is -0.356 e. The summed E-state index contributed by atoms with van der Waals surface area (Å²) in [5.74, 6) is 1.77. The van der Waals surface area contributed by atoms with Crippen molar-refractivity contribution in [3.8, 4) is 0 Å². The summed E-state index contributed by atoms with van der Waals surface area (Å²) in [6.45, 7) is 9.35. The largest absolute Gasteiger partial charge is 0.356 e. The van der Waals surface area contributed by atoms with Crippen LogP contribution in [0.2, 0.25) is 0 Å². The fourth-order valence-corrected chi connectivity index (χ4v) is 3.78. The van der Waals surface area contributed by atoms with Crippen molar-refractivity contribution in [1.29, 1.82) is 0 Å². The molecule has 0 amide bonds. The summed E-state index contributed by atoms with van der Waals surface area (Å²) < 4.78 is 0. The van der Waals surface area contributed by atoms with E-state index >= 15 is 0 Å². The van der Waals surface area contributed by atoms with E-state index in [1.54, 1.807) is 0 Å². The van der Waals surface area contributed by atoms with Crippen LogP contribution in [0.25, 0.3) is 0 Å². The van der Waals surface area contributed by atoms with Crippen LogP contribution in [0.4, 0.5) is 5.95 Å². The number of nitrogens with zero attached hydrogens (tertiary/aromatic N) is 5. The Kier molecular flexibility index (Phi) is 9.01. The van der Waals surface area contributed by atoms with E-state index in [-0.39, 0.29) is 24.0 Å². The van der Waals surface area contributed by atoms with Gasteiger partial charge in [0.25, 0.3) is 0 Å². The normalized spacial score (nSPS) is 19.8. The summed E-state index contributed by atoms with van der Waals surface area (Å²) in [7, 11) is 1.85. The van der Waals surface area contributed by atoms with Crippen LogP contribution < -0.4 is 15.5 Å². The molecule has 1 aliphatic heterocycles. The third-order valence-electron chi connectivity index (χ3n) is 5.95. The maximum Gasteiger partial charge on any atom is 0.225 e. The Hall–Kier alpha value is -1.16. The van der Waals surface area contributed by atoms with Crippen LogP contribution in [0.3, 0.4) is 0 Å². The first-order chi connectivity index (χ1) is 12.7.